The Bertz CT molecular complexity index is 948. The van der Waals surface area contributed by atoms with Crippen LogP contribution in [0.4, 0.5) is 0 Å². The molecule has 0 aliphatic heterocycles. The maximum Gasteiger partial charge on any atom is 0.350 e. The van der Waals surface area contributed by atoms with Gasteiger partial charge in [-0.05, 0) is 24.8 Å². The zero-order chi connectivity index (χ0) is 18.9. The van der Waals surface area contributed by atoms with Gasteiger partial charge in [0.2, 0.25) is 0 Å². The summed E-state index contributed by atoms with van der Waals surface area (Å²) in [6.07, 6.45) is 1.65. The molecule has 0 amide bonds. The van der Waals surface area contributed by atoms with Crippen LogP contribution in [-0.2, 0) is 21.3 Å². The smallest absolute Gasteiger partial charge is 0.350 e. The van der Waals surface area contributed by atoms with Crippen LogP contribution in [0.5, 0.6) is 0 Å². The number of hydrogen-bond donors (Lipinski definition) is 3. The summed E-state index contributed by atoms with van der Waals surface area (Å²) in [5.41, 5.74) is 0.225. The van der Waals surface area contributed by atoms with Gasteiger partial charge in [-0.1, -0.05) is 30.3 Å². The van der Waals surface area contributed by atoms with Gasteiger partial charge in [0.05, 0.1) is 6.61 Å². The fourth-order valence-corrected chi connectivity index (χ4v) is 3.70. The van der Waals surface area contributed by atoms with E-state index in [4.69, 9.17) is 14.5 Å². The number of aromatic nitrogens is 2. The highest BCUT2D eigenvalue weighted by Crippen LogP contribution is 2.55. The molecule has 1 aliphatic carbocycles. The van der Waals surface area contributed by atoms with Crippen LogP contribution in [0.3, 0.4) is 0 Å². The van der Waals surface area contributed by atoms with E-state index in [9.17, 15) is 14.2 Å². The summed E-state index contributed by atoms with van der Waals surface area (Å²) in [5.74, 6) is 0.0237. The van der Waals surface area contributed by atoms with E-state index in [1.165, 1.54) is 10.8 Å². The number of hydrogen-bond acceptors (Lipinski definition) is 4. The Morgan fingerprint density at radius 2 is 2.00 bits per heavy atom. The van der Waals surface area contributed by atoms with Crippen molar-refractivity contribution < 1.29 is 19.1 Å². The van der Waals surface area contributed by atoms with Crippen molar-refractivity contribution in [3.8, 4) is 0 Å². The van der Waals surface area contributed by atoms with Crippen molar-refractivity contribution in [3.05, 3.63) is 68.5 Å². The van der Waals surface area contributed by atoms with Gasteiger partial charge in [-0.3, -0.25) is 18.9 Å². The molecule has 2 atom stereocenters. The minimum Gasteiger partial charge on any atom is -0.368 e. The zero-order valence-electron chi connectivity index (χ0n) is 14.3. The lowest BCUT2D eigenvalue weighted by atomic mass is 9.93. The van der Waals surface area contributed by atoms with E-state index in [0.29, 0.717) is 12.1 Å². The molecular formula is C17H21N2O6P. The van der Waals surface area contributed by atoms with Crippen molar-refractivity contribution in [3.63, 3.8) is 0 Å². The molecule has 1 heterocycles. The van der Waals surface area contributed by atoms with Crippen LogP contribution in [0, 0.1) is 12.8 Å². The summed E-state index contributed by atoms with van der Waals surface area (Å²) in [5, 5.41) is 0. The molecule has 0 radical (unpaired) electrons. The van der Waals surface area contributed by atoms with Crippen LogP contribution < -0.4 is 11.2 Å². The molecule has 0 spiro atoms. The lowest BCUT2D eigenvalue weighted by Crippen LogP contribution is -2.34. The van der Waals surface area contributed by atoms with E-state index < -0.39 is 25.2 Å². The number of ether oxygens (including phenoxy) is 1. The lowest BCUT2D eigenvalue weighted by Gasteiger charge is -2.20. The van der Waals surface area contributed by atoms with Crippen molar-refractivity contribution in [1.29, 1.82) is 0 Å². The van der Waals surface area contributed by atoms with Crippen LogP contribution in [0.1, 0.15) is 17.5 Å². The second kappa shape index (κ2) is 6.96. The fraction of sp³-hybridized carbons (Fsp3) is 0.412. The summed E-state index contributed by atoms with van der Waals surface area (Å²) in [6.45, 7) is 2.19. The molecule has 0 saturated heterocycles. The van der Waals surface area contributed by atoms with E-state index in [0.717, 1.165) is 12.0 Å². The molecule has 26 heavy (non-hydrogen) atoms. The molecule has 3 N–H and O–H groups in total. The van der Waals surface area contributed by atoms with Gasteiger partial charge >= 0.3 is 13.3 Å². The van der Waals surface area contributed by atoms with Crippen molar-refractivity contribution in [2.75, 3.05) is 13.0 Å². The van der Waals surface area contributed by atoms with Crippen molar-refractivity contribution in [1.82, 2.24) is 9.55 Å². The summed E-state index contributed by atoms with van der Waals surface area (Å²) >= 11 is 0. The molecular weight excluding hydrogens is 359 g/mol. The number of aryl methyl sites for hydroxylation is 1. The topological polar surface area (TPSA) is 122 Å². The average Bonchev–Trinajstić information content (AvgIpc) is 3.26. The minimum absolute atomic E-state index is 0.0237. The highest BCUT2D eigenvalue weighted by Gasteiger charge is 2.55. The van der Waals surface area contributed by atoms with Gasteiger partial charge in [0.25, 0.3) is 5.56 Å². The SMILES string of the molecule is Cc1cn(C[C@]2(c3ccccc3)C[C@@H]2COCP(=O)(O)O)c(=O)[nH]c1=O. The number of nitrogens with one attached hydrogen (secondary N) is 1. The number of nitrogens with zero attached hydrogens (tertiary/aromatic N) is 1. The Balaban J connectivity index is 1.85. The third-order valence-electron chi connectivity index (χ3n) is 4.80. The monoisotopic (exact) mass is 380 g/mol. The molecule has 1 fully saturated rings. The van der Waals surface area contributed by atoms with Crippen LogP contribution in [-0.4, -0.2) is 32.3 Å². The maximum atomic E-state index is 12.2. The van der Waals surface area contributed by atoms with E-state index in [1.54, 1.807) is 6.92 Å². The predicted octanol–water partition coefficient (Wildman–Crippen LogP) is 0.955. The third-order valence-corrected chi connectivity index (χ3v) is 5.32. The van der Waals surface area contributed by atoms with Crippen LogP contribution in [0.15, 0.2) is 46.1 Å². The second-order valence-corrected chi connectivity index (χ2v) is 8.37. The second-order valence-electron chi connectivity index (χ2n) is 6.79. The number of benzene rings is 1. The van der Waals surface area contributed by atoms with Gasteiger partial charge in [0.15, 0.2) is 0 Å². The summed E-state index contributed by atoms with van der Waals surface area (Å²) < 4.78 is 17.6. The Kier molecular flexibility index (Phi) is 5.03. The fourth-order valence-electron chi connectivity index (χ4n) is 3.36. The van der Waals surface area contributed by atoms with Crippen LogP contribution in [0.25, 0.3) is 0 Å². The molecule has 1 aromatic heterocycles. The summed E-state index contributed by atoms with van der Waals surface area (Å²) in [7, 11) is -4.21. The summed E-state index contributed by atoms with van der Waals surface area (Å²) in [6, 6.07) is 9.64. The largest absolute Gasteiger partial charge is 0.368 e. The van der Waals surface area contributed by atoms with E-state index in [1.807, 2.05) is 30.3 Å². The Morgan fingerprint density at radius 3 is 2.65 bits per heavy atom. The molecule has 0 bridgehead atoms. The van der Waals surface area contributed by atoms with Gasteiger partial charge in [-0.25, -0.2) is 4.79 Å². The van der Waals surface area contributed by atoms with Gasteiger partial charge in [0.1, 0.15) is 6.35 Å². The quantitative estimate of drug-likeness (QED) is 0.615. The molecule has 0 unspecified atom stereocenters. The number of aromatic amines is 1. The molecule has 1 aromatic carbocycles. The predicted molar refractivity (Wildman–Crippen MR) is 95.1 cm³/mol. The zero-order valence-corrected chi connectivity index (χ0v) is 15.2. The van der Waals surface area contributed by atoms with Gasteiger partial charge in [-0.2, -0.15) is 0 Å². The molecule has 140 valence electrons. The normalized spacial score (nSPS) is 22.3. The average molecular weight is 380 g/mol. The molecule has 8 nitrogen and oxygen atoms in total. The standard InChI is InChI=1S/C17H21N2O6P/c1-12-8-19(16(21)18-15(12)20)10-17(13-5-3-2-4-6-13)7-14(17)9-25-11-26(22,23)24/h2-6,8,14H,7,9-11H2,1H3,(H,18,20,21)(H2,22,23,24)/t14-,17+/m1/s1. The Hall–Kier alpha value is -1.99. The van der Waals surface area contributed by atoms with E-state index in [2.05, 4.69) is 4.98 Å². The first-order chi connectivity index (χ1) is 12.2. The summed E-state index contributed by atoms with van der Waals surface area (Å²) in [4.78, 5) is 43.9. The third kappa shape index (κ3) is 4.04. The van der Waals surface area contributed by atoms with E-state index in [-0.39, 0.29) is 17.9 Å². The van der Waals surface area contributed by atoms with Crippen molar-refractivity contribution in [2.45, 2.75) is 25.3 Å². The first kappa shape index (κ1) is 18.8. The maximum absolute atomic E-state index is 12.2. The van der Waals surface area contributed by atoms with Gasteiger partial charge in [0, 0.05) is 23.7 Å². The molecule has 9 heteroatoms. The number of H-pyrrole nitrogens is 1. The van der Waals surface area contributed by atoms with Gasteiger partial charge in [-0.15, -0.1) is 0 Å². The van der Waals surface area contributed by atoms with E-state index >= 15 is 0 Å². The van der Waals surface area contributed by atoms with Crippen molar-refractivity contribution >= 4 is 7.60 Å². The Labute approximate surface area is 149 Å². The highest BCUT2D eigenvalue weighted by atomic mass is 31.2. The molecule has 2 aromatic rings. The number of rotatable bonds is 7. The lowest BCUT2D eigenvalue weighted by molar-refractivity contribution is 0.140. The minimum atomic E-state index is -4.21. The first-order valence-corrected chi connectivity index (χ1v) is 9.99. The van der Waals surface area contributed by atoms with Crippen molar-refractivity contribution in [2.24, 2.45) is 5.92 Å². The Morgan fingerprint density at radius 1 is 1.31 bits per heavy atom. The molecule has 1 aliphatic rings. The molecule has 3 rings (SSSR count). The highest BCUT2D eigenvalue weighted by molar-refractivity contribution is 7.51. The van der Waals surface area contributed by atoms with Crippen LogP contribution >= 0.6 is 7.60 Å². The van der Waals surface area contributed by atoms with Crippen LogP contribution in [0.2, 0.25) is 0 Å². The first-order valence-electron chi connectivity index (χ1n) is 8.19. The van der Waals surface area contributed by atoms with Gasteiger partial charge < -0.3 is 14.5 Å². The molecule has 1 saturated carbocycles.